The van der Waals surface area contributed by atoms with Crippen LogP contribution in [-0.2, 0) is 15.9 Å². The molecule has 0 fully saturated rings. The molecule has 1 aliphatic heterocycles. The van der Waals surface area contributed by atoms with E-state index in [1.807, 2.05) is 45.9 Å². The minimum absolute atomic E-state index is 0.403. The number of rotatable bonds is 1. The molecule has 1 aliphatic rings. The average molecular weight is 358 g/mol. The van der Waals surface area contributed by atoms with Crippen LogP contribution in [0.25, 0.3) is 12.2 Å². The Morgan fingerprint density at radius 2 is 1.48 bits per heavy atom. The number of benzene rings is 2. The lowest BCUT2D eigenvalue weighted by Crippen LogP contribution is -2.23. The van der Waals surface area contributed by atoms with E-state index in [1.54, 1.807) is 0 Å². The van der Waals surface area contributed by atoms with Crippen molar-refractivity contribution in [2.45, 2.75) is 52.7 Å². The largest absolute Gasteiger partial charge is 0.360 e. The van der Waals surface area contributed by atoms with Gasteiger partial charge in [-0.3, -0.25) is 4.79 Å². The van der Waals surface area contributed by atoms with E-state index in [0.717, 1.165) is 33.8 Å². The minimum Gasteiger partial charge on any atom is -0.360 e. The van der Waals surface area contributed by atoms with Crippen molar-refractivity contribution in [1.82, 2.24) is 0 Å². The van der Waals surface area contributed by atoms with Crippen molar-refractivity contribution in [2.75, 3.05) is 0 Å². The van der Waals surface area contributed by atoms with Crippen molar-refractivity contribution in [3.05, 3.63) is 68.6 Å². The fourth-order valence-electron chi connectivity index (χ4n) is 3.87. The number of hydrogen-bond acceptors (Lipinski definition) is 2. The van der Waals surface area contributed by atoms with Gasteiger partial charge in [0.05, 0.1) is 11.2 Å². The summed E-state index contributed by atoms with van der Waals surface area (Å²) in [4.78, 5) is 11.7. The van der Waals surface area contributed by atoms with E-state index in [1.165, 1.54) is 5.22 Å². The van der Waals surface area contributed by atoms with Gasteiger partial charge in [-0.15, -0.1) is 0 Å². The van der Waals surface area contributed by atoms with E-state index >= 15 is 0 Å². The topological polar surface area (TPSA) is 26.3 Å². The Bertz CT molecular complexity index is 1090. The molecule has 0 spiro atoms. The second-order valence-corrected chi connectivity index (χ2v) is 7.90. The lowest BCUT2D eigenvalue weighted by atomic mass is 9.87. The fourth-order valence-corrected chi connectivity index (χ4v) is 3.87. The lowest BCUT2D eigenvalue weighted by Gasteiger charge is -2.24. The summed E-state index contributed by atoms with van der Waals surface area (Å²) in [6, 6.07) is 10.1. The molecule has 0 aliphatic carbocycles. The first kappa shape index (κ1) is 19.1. The molecule has 0 radical (unpaired) electrons. The summed E-state index contributed by atoms with van der Waals surface area (Å²) in [6.07, 6.45) is 5.04. The van der Waals surface area contributed by atoms with Gasteiger partial charge in [-0.25, -0.2) is 0 Å². The van der Waals surface area contributed by atoms with Crippen LogP contribution in [0.1, 0.15) is 74.2 Å². The average Bonchev–Trinajstić information content (AvgIpc) is 2.82. The van der Waals surface area contributed by atoms with Gasteiger partial charge in [0, 0.05) is 16.7 Å². The highest BCUT2D eigenvalue weighted by atomic mass is 16.5. The fraction of sp³-hybridized carbons (Fsp3) is 0.320. The van der Waals surface area contributed by atoms with Crippen LogP contribution in [-0.4, -0.2) is 6.29 Å². The normalized spacial score (nSPS) is 18.0. The van der Waals surface area contributed by atoms with Crippen molar-refractivity contribution in [1.29, 1.82) is 0 Å². The van der Waals surface area contributed by atoms with Gasteiger partial charge < -0.3 is 4.74 Å². The van der Waals surface area contributed by atoms with Crippen LogP contribution in [0.5, 0.6) is 0 Å². The maximum absolute atomic E-state index is 11.7. The molecule has 0 amide bonds. The third-order valence-corrected chi connectivity index (χ3v) is 5.17. The smallest absolute Gasteiger partial charge is 0.151 e. The molecule has 3 rings (SSSR count). The van der Waals surface area contributed by atoms with E-state index in [4.69, 9.17) is 4.74 Å². The van der Waals surface area contributed by atoms with Crippen LogP contribution in [0, 0.1) is 11.8 Å². The molecule has 2 aromatic carbocycles. The molecule has 0 unspecified atom stereocenters. The summed E-state index contributed by atoms with van der Waals surface area (Å²) in [5.41, 5.74) is 3.62. The Kier molecular flexibility index (Phi) is 4.84. The number of carbonyl (C=O) groups excluding carboxylic acids is 1. The minimum atomic E-state index is -0.416. The molecule has 0 N–H and O–H groups in total. The van der Waals surface area contributed by atoms with E-state index in [2.05, 4.69) is 50.0 Å². The summed E-state index contributed by atoms with van der Waals surface area (Å²) in [6.45, 7) is 12.2. The van der Waals surface area contributed by atoms with Gasteiger partial charge in [0.1, 0.15) is 0 Å². The quantitative estimate of drug-likeness (QED) is 0.569. The number of hydrogen-bond donors (Lipinski definition) is 0. The van der Waals surface area contributed by atoms with E-state index in [0.29, 0.717) is 5.56 Å². The molecule has 1 heterocycles. The Morgan fingerprint density at radius 1 is 0.852 bits per heavy atom. The maximum atomic E-state index is 11.7. The molecule has 0 aromatic heterocycles. The molecule has 2 nitrogen and oxygen atoms in total. The highest BCUT2D eigenvalue weighted by Crippen LogP contribution is 2.47. The standard InChI is InChI=1S/C25H26O2/c1-7-18-11-9-17(13-19(18)8-2)10-12-20-14-22-23(15-21(20)16-26)25(5,6)27-24(22,3)4/h7-9,11,13-16H,1-6H3/b18-7-,19-8-. The van der Waals surface area contributed by atoms with Gasteiger partial charge >= 0.3 is 0 Å². The molecule has 27 heavy (non-hydrogen) atoms. The Morgan fingerprint density at radius 3 is 2.07 bits per heavy atom. The zero-order chi connectivity index (χ0) is 19.8. The van der Waals surface area contributed by atoms with Gasteiger partial charge in [-0.05, 0) is 87.4 Å². The molecule has 0 bridgehead atoms. The van der Waals surface area contributed by atoms with Crippen molar-refractivity contribution >= 4 is 18.4 Å². The molecule has 0 saturated heterocycles. The summed E-state index contributed by atoms with van der Waals surface area (Å²) in [5, 5.41) is 2.35. The number of fused-ring (bicyclic) bond motifs is 1. The van der Waals surface area contributed by atoms with Crippen LogP contribution in [0.4, 0.5) is 0 Å². The molecule has 2 aromatic rings. The summed E-state index contributed by atoms with van der Waals surface area (Å²) >= 11 is 0. The van der Waals surface area contributed by atoms with Crippen LogP contribution in [0.3, 0.4) is 0 Å². The second kappa shape index (κ2) is 6.83. The first-order chi connectivity index (χ1) is 12.7. The number of ether oxygens (including phenoxy) is 1. The van der Waals surface area contributed by atoms with Crippen LogP contribution >= 0.6 is 0 Å². The monoisotopic (exact) mass is 358 g/mol. The van der Waals surface area contributed by atoms with Gasteiger partial charge in [0.15, 0.2) is 6.29 Å². The Balaban J connectivity index is 2.13. The van der Waals surface area contributed by atoms with Crippen molar-refractivity contribution in [3.8, 4) is 11.8 Å². The summed E-state index contributed by atoms with van der Waals surface area (Å²) < 4.78 is 6.21. The predicted octanol–water partition coefficient (Wildman–Crippen LogP) is 4.00. The van der Waals surface area contributed by atoms with Crippen molar-refractivity contribution < 1.29 is 9.53 Å². The van der Waals surface area contributed by atoms with Crippen molar-refractivity contribution in [2.24, 2.45) is 0 Å². The Hall–Kier alpha value is -2.63. The van der Waals surface area contributed by atoms with E-state index in [-0.39, 0.29) is 0 Å². The highest BCUT2D eigenvalue weighted by Gasteiger charge is 2.43. The number of carbonyl (C=O) groups is 1. The van der Waals surface area contributed by atoms with Crippen LogP contribution < -0.4 is 10.4 Å². The maximum Gasteiger partial charge on any atom is 0.151 e. The molecular formula is C25H26O2. The van der Waals surface area contributed by atoms with Gasteiger partial charge in [-0.2, -0.15) is 0 Å². The number of aldehydes is 1. The SMILES string of the molecule is C/C=c1/ccc(C#Cc2cc3c(cc2C=O)C(C)(C)OC3(C)C)c/c1=C/C. The van der Waals surface area contributed by atoms with Gasteiger partial charge in [0.25, 0.3) is 0 Å². The third kappa shape index (κ3) is 3.48. The predicted molar refractivity (Wildman–Crippen MR) is 111 cm³/mol. The van der Waals surface area contributed by atoms with Crippen LogP contribution in [0.15, 0.2) is 30.3 Å². The lowest BCUT2D eigenvalue weighted by molar-refractivity contribution is -0.105. The first-order valence-electron chi connectivity index (χ1n) is 9.31. The summed E-state index contributed by atoms with van der Waals surface area (Å²) in [7, 11) is 0. The van der Waals surface area contributed by atoms with E-state index < -0.39 is 11.2 Å². The van der Waals surface area contributed by atoms with Crippen LogP contribution in [0.2, 0.25) is 0 Å². The zero-order valence-corrected chi connectivity index (χ0v) is 16.9. The highest BCUT2D eigenvalue weighted by molar-refractivity contribution is 5.81. The Labute approximate surface area is 161 Å². The second-order valence-electron chi connectivity index (χ2n) is 7.90. The van der Waals surface area contributed by atoms with Gasteiger partial charge in [0.2, 0.25) is 0 Å². The first-order valence-corrected chi connectivity index (χ1v) is 9.31. The zero-order valence-electron chi connectivity index (χ0n) is 16.9. The molecule has 0 saturated carbocycles. The van der Waals surface area contributed by atoms with Crippen molar-refractivity contribution in [3.63, 3.8) is 0 Å². The third-order valence-electron chi connectivity index (χ3n) is 5.17. The molecule has 138 valence electrons. The van der Waals surface area contributed by atoms with Gasteiger partial charge in [-0.1, -0.05) is 30.1 Å². The molecule has 2 heteroatoms. The van der Waals surface area contributed by atoms with E-state index in [9.17, 15) is 4.79 Å². The molecule has 0 atom stereocenters. The molecular weight excluding hydrogens is 332 g/mol. The summed E-state index contributed by atoms with van der Waals surface area (Å²) in [5.74, 6) is 6.42.